The maximum Gasteiger partial charge on any atom is 0.246 e. The van der Waals surface area contributed by atoms with Crippen molar-refractivity contribution in [2.75, 3.05) is 25.5 Å². The van der Waals surface area contributed by atoms with Gasteiger partial charge < -0.3 is 14.4 Å². The van der Waals surface area contributed by atoms with E-state index in [2.05, 4.69) is 11.6 Å². The molecule has 240 valence electrons. The molecule has 0 aliphatic carbocycles. The van der Waals surface area contributed by atoms with Gasteiger partial charge in [0.15, 0.2) is 0 Å². The number of anilines is 1. The van der Waals surface area contributed by atoms with Crippen molar-refractivity contribution in [1.29, 1.82) is 0 Å². The van der Waals surface area contributed by atoms with Crippen molar-refractivity contribution in [3.63, 3.8) is 0 Å². The Bertz CT molecular complexity index is 2270. The van der Waals surface area contributed by atoms with Crippen LogP contribution in [0.3, 0.4) is 0 Å². The molecular weight excluding hydrogens is 623 g/mol. The molecule has 4 aromatic heterocycles. The summed E-state index contributed by atoms with van der Waals surface area (Å²) in [7, 11) is 5.29. The molecule has 1 aliphatic rings. The van der Waals surface area contributed by atoms with E-state index in [1.54, 1.807) is 23.9 Å². The van der Waals surface area contributed by atoms with Gasteiger partial charge in [0.25, 0.3) is 0 Å². The summed E-state index contributed by atoms with van der Waals surface area (Å²) in [4.78, 5) is 25.9. The number of carbonyl (C=O) groups excluding carboxylic acids is 1. The molecule has 2 atom stereocenters. The van der Waals surface area contributed by atoms with Gasteiger partial charge >= 0.3 is 0 Å². The summed E-state index contributed by atoms with van der Waals surface area (Å²) < 4.78 is 51.2. The van der Waals surface area contributed by atoms with Crippen LogP contribution in [0.25, 0.3) is 54.9 Å². The average Bonchev–Trinajstić information content (AvgIpc) is 3.73. The molecule has 5 heterocycles. The number of hydrogen-bond acceptors (Lipinski definition) is 6. The highest BCUT2D eigenvalue weighted by molar-refractivity contribution is 7.17. The molecule has 0 bridgehead atoms. The minimum Gasteiger partial charge on any atom is -0.377 e. The summed E-state index contributed by atoms with van der Waals surface area (Å²) in [5.74, 6) is -1.52. The van der Waals surface area contributed by atoms with Crippen LogP contribution in [0.2, 0.25) is 0 Å². The number of thiophene rings is 1. The van der Waals surface area contributed by atoms with Crippen LogP contribution in [-0.2, 0) is 11.8 Å². The molecule has 8 nitrogen and oxygen atoms in total. The van der Waals surface area contributed by atoms with Gasteiger partial charge in [0.05, 0.1) is 44.9 Å². The predicted octanol–water partition coefficient (Wildman–Crippen LogP) is 7.82. The number of amides is 1. The summed E-state index contributed by atoms with van der Waals surface area (Å²) in [5.41, 5.74) is 4.65. The highest BCUT2D eigenvalue weighted by atomic mass is 32.1. The Morgan fingerprint density at radius 1 is 1.04 bits per heavy atom. The molecular formula is C35H32F3N7OS. The molecule has 12 heteroatoms. The van der Waals surface area contributed by atoms with Crippen molar-refractivity contribution < 1.29 is 18.0 Å². The SMILES string of the molecule is C=CC(=O)N1C[C@H](C)n2nc(-c3nc(-c4ccc5c(c4)nc(C)n5C)c4scc(F)c4c3-c3c(F)cc(F)cc3N(C)C)cc2[C@H]1C. The molecule has 47 heavy (non-hydrogen) atoms. The topological polar surface area (TPSA) is 72.1 Å². The van der Waals surface area contributed by atoms with E-state index in [1.807, 2.05) is 61.3 Å². The number of nitrogens with zero attached hydrogens (tertiary/aromatic N) is 7. The molecule has 0 saturated heterocycles. The predicted molar refractivity (Wildman–Crippen MR) is 180 cm³/mol. The number of carbonyl (C=O) groups is 1. The number of aryl methyl sites for hydroxylation is 2. The van der Waals surface area contributed by atoms with E-state index in [1.165, 1.54) is 28.9 Å². The largest absolute Gasteiger partial charge is 0.377 e. The Balaban J connectivity index is 1.58. The van der Waals surface area contributed by atoms with Gasteiger partial charge in [-0.2, -0.15) is 5.10 Å². The van der Waals surface area contributed by atoms with E-state index in [0.717, 1.165) is 28.6 Å². The standard InChI is InChI=1S/C35H32F3N7OS/c1-8-29(46)44-15-17(2)45-27(18(44)3)14-25(41-45)34-32(30-22(37)12-21(36)13-28(30)42(5)6)31-23(38)16-47-35(31)33(40-34)20-9-10-26-24(11-20)39-19(4)43(26)7/h8-14,16-18H,1,15H2,2-7H3/t17-,18+/m0/s1. The number of halogens is 3. The van der Waals surface area contributed by atoms with Gasteiger partial charge in [0, 0.05) is 61.2 Å². The van der Waals surface area contributed by atoms with Crippen molar-refractivity contribution >= 4 is 44.1 Å². The summed E-state index contributed by atoms with van der Waals surface area (Å²) in [6.07, 6.45) is 1.29. The third-order valence-corrected chi connectivity index (χ3v) is 10.0. The van der Waals surface area contributed by atoms with Crippen molar-refractivity contribution in [3.8, 4) is 33.8 Å². The van der Waals surface area contributed by atoms with Crippen LogP contribution in [0.5, 0.6) is 0 Å². The second kappa shape index (κ2) is 11.1. The first kappa shape index (κ1) is 30.7. The van der Waals surface area contributed by atoms with Crippen molar-refractivity contribution in [2.45, 2.75) is 32.9 Å². The second-order valence-electron chi connectivity index (χ2n) is 12.2. The molecule has 0 spiro atoms. The van der Waals surface area contributed by atoms with E-state index in [4.69, 9.17) is 10.1 Å². The lowest BCUT2D eigenvalue weighted by atomic mass is 9.94. The maximum absolute atomic E-state index is 16.1. The summed E-state index contributed by atoms with van der Waals surface area (Å²) in [6.45, 7) is 9.83. The smallest absolute Gasteiger partial charge is 0.246 e. The number of hydrogen-bond donors (Lipinski definition) is 0. The van der Waals surface area contributed by atoms with Crippen LogP contribution in [0.1, 0.15) is 37.4 Å². The lowest BCUT2D eigenvalue weighted by Gasteiger charge is -2.36. The zero-order valence-corrected chi connectivity index (χ0v) is 27.6. The Hall–Kier alpha value is -4.97. The molecule has 1 amide bonds. The number of pyridine rings is 1. The third-order valence-electron chi connectivity index (χ3n) is 9.05. The zero-order valence-electron chi connectivity index (χ0n) is 26.8. The highest BCUT2D eigenvalue weighted by Crippen LogP contribution is 2.48. The molecule has 0 saturated carbocycles. The molecule has 2 aromatic carbocycles. The van der Waals surface area contributed by atoms with E-state index in [-0.39, 0.29) is 45.9 Å². The van der Waals surface area contributed by atoms with E-state index >= 15 is 8.78 Å². The Kier molecular flexibility index (Phi) is 7.23. The first-order valence-electron chi connectivity index (χ1n) is 15.1. The zero-order chi connectivity index (χ0) is 33.5. The Morgan fingerprint density at radius 3 is 2.53 bits per heavy atom. The molecule has 6 aromatic rings. The van der Waals surface area contributed by atoms with Crippen LogP contribution in [-0.4, -0.2) is 55.8 Å². The normalized spacial score (nSPS) is 16.2. The molecule has 0 N–H and O–H groups in total. The fourth-order valence-electron chi connectivity index (χ4n) is 6.60. The van der Waals surface area contributed by atoms with E-state index in [9.17, 15) is 9.18 Å². The quantitative estimate of drug-likeness (QED) is 0.177. The fourth-order valence-corrected chi connectivity index (χ4v) is 7.53. The number of benzene rings is 2. The van der Waals surface area contributed by atoms with Crippen molar-refractivity contribution in [2.24, 2.45) is 7.05 Å². The average molecular weight is 656 g/mol. The monoisotopic (exact) mass is 655 g/mol. The van der Waals surface area contributed by atoms with Gasteiger partial charge in [0.2, 0.25) is 5.91 Å². The number of rotatable bonds is 5. The Morgan fingerprint density at radius 2 is 1.81 bits per heavy atom. The van der Waals surface area contributed by atoms with Gasteiger partial charge in [-0.1, -0.05) is 12.6 Å². The minimum absolute atomic E-state index is 0.0130. The van der Waals surface area contributed by atoms with E-state index in [0.29, 0.717) is 28.2 Å². The number of fused-ring (bicyclic) bond motifs is 3. The van der Waals surface area contributed by atoms with E-state index < -0.39 is 17.5 Å². The minimum atomic E-state index is -0.852. The summed E-state index contributed by atoms with van der Waals surface area (Å²) in [5, 5.41) is 6.49. The molecule has 0 radical (unpaired) electrons. The maximum atomic E-state index is 16.1. The van der Waals surface area contributed by atoms with Crippen molar-refractivity contribution in [3.05, 3.63) is 83.4 Å². The van der Waals surface area contributed by atoms with Crippen LogP contribution >= 0.6 is 11.3 Å². The summed E-state index contributed by atoms with van der Waals surface area (Å²) in [6, 6.07) is 9.07. The van der Waals surface area contributed by atoms with Crippen LogP contribution in [0, 0.1) is 24.4 Å². The fraction of sp³-hybridized carbons (Fsp3) is 0.257. The van der Waals surface area contributed by atoms with Gasteiger partial charge in [0.1, 0.15) is 34.7 Å². The first-order chi connectivity index (χ1) is 22.4. The summed E-state index contributed by atoms with van der Waals surface area (Å²) >= 11 is 1.17. The Labute approximate surface area is 273 Å². The van der Waals surface area contributed by atoms with Crippen LogP contribution in [0.4, 0.5) is 18.9 Å². The molecule has 7 rings (SSSR count). The molecule has 1 aliphatic heterocycles. The van der Waals surface area contributed by atoms with Crippen LogP contribution < -0.4 is 4.90 Å². The molecule has 0 unspecified atom stereocenters. The van der Waals surface area contributed by atoms with Gasteiger partial charge in [-0.25, -0.2) is 23.1 Å². The van der Waals surface area contributed by atoms with Gasteiger partial charge in [-0.3, -0.25) is 9.48 Å². The van der Waals surface area contributed by atoms with Gasteiger partial charge in [-0.15, -0.1) is 11.3 Å². The first-order valence-corrected chi connectivity index (χ1v) is 16.0. The second-order valence-corrected chi connectivity index (χ2v) is 13.1. The van der Waals surface area contributed by atoms with Crippen molar-refractivity contribution in [1.82, 2.24) is 29.2 Å². The lowest BCUT2D eigenvalue weighted by molar-refractivity contribution is -0.129. The number of imidazole rings is 1. The molecule has 0 fully saturated rings. The number of aromatic nitrogens is 5. The van der Waals surface area contributed by atoms with Crippen LogP contribution in [0.15, 0.2) is 54.4 Å². The third kappa shape index (κ3) is 4.72. The van der Waals surface area contributed by atoms with Gasteiger partial charge in [-0.05, 0) is 51.1 Å². The highest BCUT2D eigenvalue weighted by Gasteiger charge is 2.34. The lowest BCUT2D eigenvalue weighted by Crippen LogP contribution is -2.42.